The molecule has 0 fully saturated rings. The van der Waals surface area contributed by atoms with Crippen LogP contribution in [-0.2, 0) is 0 Å². The fraction of sp³-hybridized carbons (Fsp3) is 0. The highest BCUT2D eigenvalue weighted by molar-refractivity contribution is 6.30. The standard InChI is InChI=1S/C52H30N6O/c1-3-12-31(13-4-1)49-54-50(56-51(55-49)34-24-29-45-39(30-34)37-17-8-10-21-44(37)59-45)32-22-25-35(26-23-32)57-42-20-11-18-38-36-16-7-9-19-41(36)58-48-40(27-28-43(57)47(48)46(38)42)53-52(58)33-14-5-2-6-15-33/h1-30H. The third kappa shape index (κ3) is 4.70. The monoisotopic (exact) mass is 754 g/mol. The molecule has 13 rings (SSSR count). The molecule has 7 nitrogen and oxygen atoms in total. The van der Waals surface area contributed by atoms with Gasteiger partial charge in [0, 0.05) is 54.9 Å². The lowest BCUT2D eigenvalue weighted by atomic mass is 10.1. The molecule has 5 heterocycles. The Kier molecular flexibility index (Phi) is 6.60. The van der Waals surface area contributed by atoms with Crippen molar-refractivity contribution in [2.75, 3.05) is 0 Å². The van der Waals surface area contributed by atoms with Gasteiger partial charge in [0.15, 0.2) is 17.5 Å². The summed E-state index contributed by atoms with van der Waals surface area (Å²) >= 11 is 0. The van der Waals surface area contributed by atoms with Crippen LogP contribution in [0, 0.1) is 0 Å². The maximum Gasteiger partial charge on any atom is 0.164 e. The molecule has 0 radical (unpaired) electrons. The molecule has 0 spiro atoms. The van der Waals surface area contributed by atoms with Crippen LogP contribution in [0.2, 0.25) is 0 Å². The maximum atomic E-state index is 6.14. The summed E-state index contributed by atoms with van der Waals surface area (Å²) in [6.07, 6.45) is 0. The van der Waals surface area contributed by atoms with E-state index in [0.717, 1.165) is 83.3 Å². The van der Waals surface area contributed by atoms with E-state index >= 15 is 0 Å². The number of hydrogen-bond donors (Lipinski definition) is 0. The molecule has 0 N–H and O–H groups in total. The Morgan fingerprint density at radius 2 is 0.966 bits per heavy atom. The van der Waals surface area contributed by atoms with Gasteiger partial charge >= 0.3 is 0 Å². The van der Waals surface area contributed by atoms with Gasteiger partial charge in [-0.05, 0) is 78.2 Å². The molecule has 0 aliphatic carbocycles. The second-order valence-electron chi connectivity index (χ2n) is 15.0. The van der Waals surface area contributed by atoms with Crippen molar-refractivity contribution in [3.8, 4) is 51.2 Å². The Hall–Kier alpha value is -8.16. The number of fused-ring (bicyclic) bond motifs is 6. The van der Waals surface area contributed by atoms with Gasteiger partial charge in [0.05, 0.1) is 27.6 Å². The van der Waals surface area contributed by atoms with Gasteiger partial charge in [-0.1, -0.05) is 109 Å². The number of para-hydroxylation sites is 2. The lowest BCUT2D eigenvalue weighted by Crippen LogP contribution is -2.00. The summed E-state index contributed by atoms with van der Waals surface area (Å²) in [6.45, 7) is 0. The molecular weight excluding hydrogens is 725 g/mol. The molecule has 5 aromatic heterocycles. The van der Waals surface area contributed by atoms with Crippen molar-refractivity contribution in [3.63, 3.8) is 0 Å². The first-order valence-electron chi connectivity index (χ1n) is 19.7. The number of furan rings is 1. The van der Waals surface area contributed by atoms with Gasteiger partial charge < -0.3 is 8.98 Å². The zero-order valence-corrected chi connectivity index (χ0v) is 31.4. The molecule has 0 atom stereocenters. The summed E-state index contributed by atoms with van der Waals surface area (Å²) in [5, 5.41) is 6.90. The van der Waals surface area contributed by atoms with Crippen LogP contribution in [0.15, 0.2) is 186 Å². The van der Waals surface area contributed by atoms with E-state index in [9.17, 15) is 0 Å². The van der Waals surface area contributed by atoms with Crippen molar-refractivity contribution in [1.29, 1.82) is 0 Å². The van der Waals surface area contributed by atoms with Crippen molar-refractivity contribution in [2.45, 2.75) is 0 Å². The first-order chi connectivity index (χ1) is 29.2. The maximum absolute atomic E-state index is 6.14. The zero-order valence-electron chi connectivity index (χ0n) is 31.4. The highest BCUT2D eigenvalue weighted by Gasteiger charge is 2.24. The molecule has 8 aromatic carbocycles. The predicted molar refractivity (Wildman–Crippen MR) is 238 cm³/mol. The molecule has 0 saturated heterocycles. The van der Waals surface area contributed by atoms with Crippen molar-refractivity contribution < 1.29 is 4.42 Å². The molecule has 0 unspecified atom stereocenters. The minimum absolute atomic E-state index is 0.602. The minimum Gasteiger partial charge on any atom is -0.456 e. The van der Waals surface area contributed by atoms with Crippen molar-refractivity contribution in [1.82, 2.24) is 28.9 Å². The smallest absolute Gasteiger partial charge is 0.164 e. The van der Waals surface area contributed by atoms with Crippen LogP contribution in [0.3, 0.4) is 0 Å². The number of aromatic nitrogens is 6. The van der Waals surface area contributed by atoms with E-state index in [0.29, 0.717) is 17.5 Å². The summed E-state index contributed by atoms with van der Waals surface area (Å²) in [6, 6.07) is 63.2. The third-order valence-corrected chi connectivity index (χ3v) is 11.7. The minimum atomic E-state index is 0.602. The molecule has 0 bridgehead atoms. The van der Waals surface area contributed by atoms with E-state index in [1.807, 2.05) is 60.7 Å². The Morgan fingerprint density at radius 3 is 1.76 bits per heavy atom. The van der Waals surface area contributed by atoms with Gasteiger partial charge in [-0.15, -0.1) is 0 Å². The predicted octanol–water partition coefficient (Wildman–Crippen LogP) is 12.9. The topological polar surface area (TPSA) is 74.0 Å². The van der Waals surface area contributed by atoms with Crippen LogP contribution in [-0.4, -0.2) is 28.9 Å². The number of hydrogen-bond acceptors (Lipinski definition) is 5. The van der Waals surface area contributed by atoms with E-state index in [2.05, 4.69) is 130 Å². The highest BCUT2D eigenvalue weighted by atomic mass is 16.3. The number of nitrogens with zero attached hydrogens (tertiary/aromatic N) is 6. The summed E-state index contributed by atoms with van der Waals surface area (Å²) in [4.78, 5) is 20.4. The normalized spacial score (nSPS) is 12.1. The summed E-state index contributed by atoms with van der Waals surface area (Å²) < 4.78 is 10.9. The Morgan fingerprint density at radius 1 is 0.373 bits per heavy atom. The molecule has 0 saturated carbocycles. The summed E-state index contributed by atoms with van der Waals surface area (Å²) in [5.74, 6) is 2.76. The van der Waals surface area contributed by atoms with E-state index in [1.54, 1.807) is 0 Å². The summed E-state index contributed by atoms with van der Waals surface area (Å²) in [5.41, 5.74) is 12.0. The van der Waals surface area contributed by atoms with Gasteiger partial charge in [0.1, 0.15) is 17.0 Å². The zero-order chi connectivity index (χ0) is 38.6. The first kappa shape index (κ1) is 32.0. The van der Waals surface area contributed by atoms with Gasteiger partial charge in [-0.2, -0.15) is 0 Å². The molecule has 0 aliphatic heterocycles. The van der Waals surface area contributed by atoms with E-state index in [1.165, 1.54) is 21.5 Å². The second kappa shape index (κ2) is 12.2. The Bertz CT molecular complexity index is 3770. The van der Waals surface area contributed by atoms with Crippen molar-refractivity contribution in [3.05, 3.63) is 182 Å². The molecule has 0 aliphatic rings. The molecular formula is C52H30N6O. The van der Waals surface area contributed by atoms with E-state index in [4.69, 9.17) is 24.4 Å². The van der Waals surface area contributed by atoms with Crippen LogP contribution in [0.4, 0.5) is 0 Å². The fourth-order valence-electron chi connectivity index (χ4n) is 9.10. The lowest BCUT2D eigenvalue weighted by Gasteiger charge is -2.11. The van der Waals surface area contributed by atoms with Crippen LogP contribution >= 0.6 is 0 Å². The van der Waals surface area contributed by atoms with E-state index in [-0.39, 0.29) is 0 Å². The van der Waals surface area contributed by atoms with Crippen LogP contribution in [0.25, 0.3) is 122 Å². The van der Waals surface area contributed by atoms with Gasteiger partial charge in [0.25, 0.3) is 0 Å². The van der Waals surface area contributed by atoms with E-state index < -0.39 is 0 Å². The van der Waals surface area contributed by atoms with Crippen molar-refractivity contribution >= 4 is 71.1 Å². The number of imidazole rings is 1. The fourth-order valence-corrected chi connectivity index (χ4v) is 9.10. The molecule has 13 aromatic rings. The molecule has 0 amide bonds. The van der Waals surface area contributed by atoms with Crippen LogP contribution in [0.5, 0.6) is 0 Å². The SMILES string of the molecule is c1ccc(-c2nc(-c3ccc(-n4c5cccc6c7ccccc7n7c(-c8ccccc8)nc8ccc4c(c65)c87)cc3)nc(-c3ccc4oc5ccccc5c4c3)n2)cc1. The summed E-state index contributed by atoms with van der Waals surface area (Å²) in [7, 11) is 0. The van der Waals surface area contributed by atoms with Crippen LogP contribution < -0.4 is 0 Å². The molecule has 7 heteroatoms. The number of benzene rings is 8. The second-order valence-corrected chi connectivity index (χ2v) is 15.0. The first-order valence-corrected chi connectivity index (χ1v) is 19.7. The van der Waals surface area contributed by atoms with Crippen molar-refractivity contribution in [2.24, 2.45) is 0 Å². The lowest BCUT2D eigenvalue weighted by molar-refractivity contribution is 0.669. The van der Waals surface area contributed by atoms with Gasteiger partial charge in [-0.25, -0.2) is 19.9 Å². The van der Waals surface area contributed by atoms with Crippen LogP contribution in [0.1, 0.15) is 0 Å². The molecule has 59 heavy (non-hydrogen) atoms. The Balaban J connectivity index is 1.01. The average molecular weight is 755 g/mol. The Labute approximate surface area is 336 Å². The largest absolute Gasteiger partial charge is 0.456 e. The quantitative estimate of drug-likeness (QED) is 0.175. The van der Waals surface area contributed by atoms with Gasteiger partial charge in [-0.3, -0.25) is 4.40 Å². The highest BCUT2D eigenvalue weighted by Crippen LogP contribution is 2.44. The average Bonchev–Trinajstić information content (AvgIpc) is 3.96. The molecule has 274 valence electrons. The third-order valence-electron chi connectivity index (χ3n) is 11.7. The number of rotatable bonds is 5. The van der Waals surface area contributed by atoms with Gasteiger partial charge in [0.2, 0.25) is 0 Å².